The number of hydrogen-bond donors (Lipinski definition) is 2. The van der Waals surface area contributed by atoms with Crippen LogP contribution < -0.4 is 15.2 Å². The molecule has 0 heterocycles. The highest BCUT2D eigenvalue weighted by Crippen LogP contribution is 2.38. The van der Waals surface area contributed by atoms with Crippen LogP contribution in [0.25, 0.3) is 0 Å². The molecule has 0 fully saturated rings. The number of carboxylic acids is 1. The lowest BCUT2D eigenvalue weighted by molar-refractivity contribution is -0.386. The van der Waals surface area contributed by atoms with Crippen molar-refractivity contribution in [2.75, 3.05) is 14.2 Å². The number of nitro groups is 1. The summed E-state index contributed by atoms with van der Waals surface area (Å²) in [4.78, 5) is 34.7. The molecule has 2 atom stereocenters. The fourth-order valence-electron chi connectivity index (χ4n) is 2.65. The Kier molecular flexibility index (Phi) is 7.10. The molecule has 0 aliphatic carbocycles. The van der Waals surface area contributed by atoms with E-state index in [1.54, 1.807) is 30.3 Å². The van der Waals surface area contributed by atoms with Crippen molar-refractivity contribution >= 4 is 17.6 Å². The summed E-state index contributed by atoms with van der Waals surface area (Å²) in [6, 6.07) is 9.76. The first-order chi connectivity index (χ1) is 13.8. The molecule has 0 bridgehead atoms. The Morgan fingerprint density at radius 2 is 1.72 bits per heavy atom. The van der Waals surface area contributed by atoms with E-state index >= 15 is 0 Å². The van der Waals surface area contributed by atoms with Gasteiger partial charge in [-0.15, -0.1) is 0 Å². The van der Waals surface area contributed by atoms with Crippen molar-refractivity contribution in [3.63, 3.8) is 0 Å². The molecule has 0 amide bonds. The van der Waals surface area contributed by atoms with Crippen LogP contribution in [0.2, 0.25) is 0 Å². The molecule has 0 aromatic heterocycles. The first-order valence-corrected chi connectivity index (χ1v) is 8.41. The second kappa shape index (κ2) is 9.51. The average molecular weight is 404 g/mol. The quantitative estimate of drug-likeness (QED) is 0.362. The number of ether oxygens (including phenoxy) is 3. The van der Waals surface area contributed by atoms with Gasteiger partial charge in [0.05, 0.1) is 30.8 Å². The van der Waals surface area contributed by atoms with Gasteiger partial charge in [0.15, 0.2) is 11.5 Å². The lowest BCUT2D eigenvalue weighted by Gasteiger charge is -2.18. The van der Waals surface area contributed by atoms with Gasteiger partial charge in [0.2, 0.25) is 6.10 Å². The molecule has 0 radical (unpaired) electrons. The number of carbonyl (C=O) groups is 2. The summed E-state index contributed by atoms with van der Waals surface area (Å²) in [5.74, 6) is -2.53. The van der Waals surface area contributed by atoms with Gasteiger partial charge in [-0.05, 0) is 18.1 Å². The third-order valence-electron chi connectivity index (χ3n) is 4.07. The Bertz CT molecular complexity index is 901. The fraction of sp³-hybridized carbons (Fsp3) is 0.263. The van der Waals surface area contributed by atoms with Gasteiger partial charge in [-0.2, -0.15) is 0 Å². The number of esters is 1. The summed E-state index contributed by atoms with van der Waals surface area (Å²) >= 11 is 0. The number of carboxylic acid groups (broad SMARTS) is 1. The number of rotatable bonds is 9. The lowest BCUT2D eigenvalue weighted by Crippen LogP contribution is -2.36. The molecule has 2 aromatic carbocycles. The predicted octanol–water partition coefficient (Wildman–Crippen LogP) is 1.85. The number of benzene rings is 2. The number of hydrogen-bond acceptors (Lipinski definition) is 8. The number of nitro benzene ring substituents is 1. The fourth-order valence-corrected chi connectivity index (χ4v) is 2.65. The highest BCUT2D eigenvalue weighted by atomic mass is 16.6. The molecule has 2 rings (SSSR count). The van der Waals surface area contributed by atoms with Crippen molar-refractivity contribution in [2.45, 2.75) is 18.6 Å². The smallest absolute Gasteiger partial charge is 0.350 e. The summed E-state index contributed by atoms with van der Waals surface area (Å²) in [7, 11) is 2.56. The maximum atomic E-state index is 12.4. The van der Waals surface area contributed by atoms with Crippen LogP contribution in [0.1, 0.15) is 17.2 Å². The summed E-state index contributed by atoms with van der Waals surface area (Å²) in [6.45, 7) is 0. The van der Waals surface area contributed by atoms with Gasteiger partial charge < -0.3 is 25.1 Å². The maximum absolute atomic E-state index is 12.4. The molecule has 3 N–H and O–H groups in total. The van der Waals surface area contributed by atoms with Crippen molar-refractivity contribution in [3.05, 3.63) is 63.7 Å². The third kappa shape index (κ3) is 5.20. The average Bonchev–Trinajstić information content (AvgIpc) is 2.71. The Labute approximate surface area is 165 Å². The van der Waals surface area contributed by atoms with Gasteiger partial charge in [-0.1, -0.05) is 30.3 Å². The van der Waals surface area contributed by atoms with E-state index in [-0.39, 0.29) is 23.5 Å². The SMILES string of the molecule is COc1cc(C(OC(=O)C(N)Cc2ccccc2)C(=O)O)c([N+](=O)[O-])cc1OC. The van der Waals surface area contributed by atoms with Crippen molar-refractivity contribution in [1.82, 2.24) is 0 Å². The molecular formula is C19H20N2O8. The zero-order valence-corrected chi connectivity index (χ0v) is 15.7. The predicted molar refractivity (Wildman–Crippen MR) is 101 cm³/mol. The van der Waals surface area contributed by atoms with Crippen LogP contribution in [0.15, 0.2) is 42.5 Å². The summed E-state index contributed by atoms with van der Waals surface area (Å²) in [5, 5.41) is 21.0. The summed E-state index contributed by atoms with van der Waals surface area (Å²) < 4.78 is 15.1. The Hall–Kier alpha value is -3.66. The van der Waals surface area contributed by atoms with Crippen molar-refractivity contribution in [3.8, 4) is 11.5 Å². The van der Waals surface area contributed by atoms with Crippen molar-refractivity contribution in [2.24, 2.45) is 5.73 Å². The van der Waals surface area contributed by atoms with Crippen LogP contribution >= 0.6 is 0 Å². The Balaban J connectivity index is 2.34. The first-order valence-electron chi connectivity index (χ1n) is 8.41. The second-order valence-electron chi connectivity index (χ2n) is 5.97. The molecule has 29 heavy (non-hydrogen) atoms. The van der Waals surface area contributed by atoms with E-state index in [0.717, 1.165) is 17.7 Å². The number of nitrogens with two attached hydrogens (primary N) is 1. The highest BCUT2D eigenvalue weighted by Gasteiger charge is 2.34. The van der Waals surface area contributed by atoms with E-state index in [4.69, 9.17) is 19.9 Å². The van der Waals surface area contributed by atoms with Crippen LogP contribution in [-0.4, -0.2) is 42.2 Å². The van der Waals surface area contributed by atoms with Gasteiger partial charge >= 0.3 is 11.9 Å². The van der Waals surface area contributed by atoms with Gasteiger partial charge in [0.1, 0.15) is 6.04 Å². The monoisotopic (exact) mass is 404 g/mol. The molecule has 0 aliphatic heterocycles. The van der Waals surface area contributed by atoms with E-state index in [0.29, 0.717) is 0 Å². The van der Waals surface area contributed by atoms with E-state index in [1.807, 2.05) is 0 Å². The van der Waals surface area contributed by atoms with Crippen LogP contribution in [0.4, 0.5) is 5.69 Å². The topological polar surface area (TPSA) is 151 Å². The Morgan fingerprint density at radius 3 is 2.24 bits per heavy atom. The largest absolute Gasteiger partial charge is 0.493 e. The first kappa shape index (κ1) is 21.6. The normalized spacial score (nSPS) is 12.5. The van der Waals surface area contributed by atoms with Crippen LogP contribution in [-0.2, 0) is 20.7 Å². The van der Waals surface area contributed by atoms with Crippen molar-refractivity contribution in [1.29, 1.82) is 0 Å². The summed E-state index contributed by atoms with van der Waals surface area (Å²) in [5.41, 5.74) is 5.61. The standard InChI is InChI=1S/C19H20N2O8/c1-27-15-9-12(14(21(25)26)10-16(15)28-2)17(18(22)23)29-19(24)13(20)8-11-6-4-3-5-7-11/h3-7,9-10,13,17H,8,20H2,1-2H3,(H,22,23). The summed E-state index contributed by atoms with van der Waals surface area (Å²) in [6.07, 6.45) is -1.84. The highest BCUT2D eigenvalue weighted by molar-refractivity contribution is 5.83. The van der Waals surface area contributed by atoms with Crippen LogP contribution in [0.5, 0.6) is 11.5 Å². The molecule has 2 unspecified atom stereocenters. The molecule has 0 saturated heterocycles. The second-order valence-corrected chi connectivity index (χ2v) is 5.97. The van der Waals surface area contributed by atoms with Gasteiger partial charge in [0, 0.05) is 0 Å². The molecule has 0 saturated carbocycles. The number of aliphatic carboxylic acids is 1. The molecule has 10 heteroatoms. The zero-order chi connectivity index (χ0) is 21.6. The minimum Gasteiger partial charge on any atom is -0.493 e. The van der Waals surface area contributed by atoms with E-state index < -0.39 is 34.7 Å². The molecule has 0 spiro atoms. The van der Waals surface area contributed by atoms with E-state index in [2.05, 4.69) is 0 Å². The van der Waals surface area contributed by atoms with Crippen molar-refractivity contribution < 1.29 is 33.8 Å². The number of methoxy groups -OCH3 is 2. The Morgan fingerprint density at radius 1 is 1.14 bits per heavy atom. The van der Waals surface area contributed by atoms with E-state index in [1.165, 1.54) is 14.2 Å². The zero-order valence-electron chi connectivity index (χ0n) is 15.7. The van der Waals surface area contributed by atoms with Crippen LogP contribution in [0, 0.1) is 10.1 Å². The molecule has 2 aromatic rings. The molecule has 154 valence electrons. The van der Waals surface area contributed by atoms with Gasteiger partial charge in [-0.25, -0.2) is 4.79 Å². The van der Waals surface area contributed by atoms with E-state index in [9.17, 15) is 24.8 Å². The lowest BCUT2D eigenvalue weighted by atomic mass is 10.0. The minimum absolute atomic E-state index is 0.0270. The van der Waals surface area contributed by atoms with Gasteiger partial charge in [-0.3, -0.25) is 14.9 Å². The molecule has 0 aliphatic rings. The number of nitrogens with zero attached hydrogens (tertiary/aromatic N) is 1. The molecule has 10 nitrogen and oxygen atoms in total. The molecular weight excluding hydrogens is 384 g/mol. The third-order valence-corrected chi connectivity index (χ3v) is 4.07. The van der Waals surface area contributed by atoms with Gasteiger partial charge in [0.25, 0.3) is 5.69 Å². The number of carbonyl (C=O) groups excluding carboxylic acids is 1. The maximum Gasteiger partial charge on any atom is 0.350 e. The minimum atomic E-state index is -1.95. The van der Waals surface area contributed by atoms with Crippen LogP contribution in [0.3, 0.4) is 0 Å².